The molecule has 0 heterocycles. The normalized spacial score (nSPS) is 10.0. The number of ether oxygens (including phenoxy) is 1. The maximum atomic E-state index is 11.8. The van der Waals surface area contributed by atoms with Crippen molar-refractivity contribution in [2.45, 2.75) is 6.42 Å². The highest BCUT2D eigenvalue weighted by atomic mass is 127. The molecular formula is C15H13IN2O4. The van der Waals surface area contributed by atoms with E-state index in [1.165, 1.54) is 24.3 Å². The molecule has 0 fully saturated rings. The lowest BCUT2D eigenvalue weighted by Gasteiger charge is -2.08. The first-order valence-corrected chi connectivity index (χ1v) is 7.56. The Morgan fingerprint density at radius 3 is 2.50 bits per heavy atom. The number of carbonyl (C=O) groups excluding carboxylic acids is 1. The third kappa shape index (κ3) is 4.69. The van der Waals surface area contributed by atoms with Gasteiger partial charge in [0.05, 0.1) is 23.6 Å². The first kappa shape index (κ1) is 16.2. The molecule has 0 spiro atoms. The summed E-state index contributed by atoms with van der Waals surface area (Å²) in [6.07, 6.45) is 0.196. The van der Waals surface area contributed by atoms with Crippen LogP contribution in [0.1, 0.15) is 6.42 Å². The number of amides is 1. The van der Waals surface area contributed by atoms with Gasteiger partial charge in [0.1, 0.15) is 5.75 Å². The molecule has 2 aromatic rings. The van der Waals surface area contributed by atoms with Crippen LogP contribution < -0.4 is 10.1 Å². The number of nitro groups is 1. The summed E-state index contributed by atoms with van der Waals surface area (Å²) in [5, 5.41) is 13.3. The number of nitrogens with zero attached hydrogens (tertiary/aromatic N) is 1. The molecule has 2 rings (SSSR count). The Kier molecular flexibility index (Phi) is 5.70. The van der Waals surface area contributed by atoms with Gasteiger partial charge >= 0.3 is 0 Å². The van der Waals surface area contributed by atoms with Crippen molar-refractivity contribution in [1.82, 2.24) is 0 Å². The second-order valence-electron chi connectivity index (χ2n) is 4.38. The van der Waals surface area contributed by atoms with Gasteiger partial charge in [-0.3, -0.25) is 14.9 Å². The minimum Gasteiger partial charge on any atom is -0.493 e. The lowest BCUT2D eigenvalue weighted by Crippen LogP contribution is -2.15. The van der Waals surface area contributed by atoms with Gasteiger partial charge in [-0.2, -0.15) is 0 Å². The molecule has 7 heteroatoms. The summed E-state index contributed by atoms with van der Waals surface area (Å²) in [5.74, 6) is 0.346. The predicted octanol–water partition coefficient (Wildman–Crippen LogP) is 3.61. The fourth-order valence-electron chi connectivity index (χ4n) is 1.70. The van der Waals surface area contributed by atoms with Gasteiger partial charge in [0.25, 0.3) is 5.69 Å². The van der Waals surface area contributed by atoms with Crippen LogP contribution in [0.3, 0.4) is 0 Å². The molecule has 0 radical (unpaired) electrons. The van der Waals surface area contributed by atoms with Crippen LogP contribution in [0.5, 0.6) is 5.75 Å². The van der Waals surface area contributed by atoms with E-state index in [-0.39, 0.29) is 24.6 Å². The molecule has 0 atom stereocenters. The maximum absolute atomic E-state index is 11.8. The summed E-state index contributed by atoms with van der Waals surface area (Å²) < 4.78 is 6.36. The Morgan fingerprint density at radius 1 is 1.18 bits per heavy atom. The Balaban J connectivity index is 1.79. The number of nitrogens with one attached hydrogen (secondary N) is 1. The minimum atomic E-state index is -0.474. The van der Waals surface area contributed by atoms with Crippen molar-refractivity contribution in [1.29, 1.82) is 0 Å². The van der Waals surface area contributed by atoms with E-state index in [0.717, 1.165) is 9.26 Å². The van der Waals surface area contributed by atoms with Crippen molar-refractivity contribution in [3.63, 3.8) is 0 Å². The van der Waals surface area contributed by atoms with Crippen molar-refractivity contribution >= 4 is 39.9 Å². The summed E-state index contributed by atoms with van der Waals surface area (Å²) in [5.41, 5.74) is 0.771. The molecule has 22 heavy (non-hydrogen) atoms. The van der Waals surface area contributed by atoms with Gasteiger partial charge in [-0.15, -0.1) is 0 Å². The van der Waals surface area contributed by atoms with Crippen molar-refractivity contribution in [3.05, 3.63) is 62.2 Å². The van der Waals surface area contributed by atoms with Crippen LogP contribution in [-0.2, 0) is 4.79 Å². The first-order chi connectivity index (χ1) is 10.6. The van der Waals surface area contributed by atoms with E-state index in [1.807, 2.05) is 24.3 Å². The summed E-state index contributed by atoms with van der Waals surface area (Å²) in [6, 6.07) is 13.2. The van der Waals surface area contributed by atoms with Crippen LogP contribution in [0.4, 0.5) is 11.4 Å². The molecule has 1 amide bonds. The molecule has 0 aliphatic rings. The topological polar surface area (TPSA) is 81.5 Å². The minimum absolute atomic E-state index is 0.00347. The monoisotopic (exact) mass is 412 g/mol. The first-order valence-electron chi connectivity index (χ1n) is 6.48. The van der Waals surface area contributed by atoms with Gasteiger partial charge in [-0.05, 0) is 46.9 Å². The Labute approximate surface area is 140 Å². The zero-order valence-electron chi connectivity index (χ0n) is 11.5. The van der Waals surface area contributed by atoms with Crippen LogP contribution in [0.25, 0.3) is 0 Å². The van der Waals surface area contributed by atoms with E-state index in [9.17, 15) is 14.9 Å². The number of anilines is 1. The number of non-ortho nitro benzene ring substituents is 1. The number of carbonyl (C=O) groups is 1. The number of nitro benzene ring substituents is 1. The fraction of sp³-hybridized carbons (Fsp3) is 0.133. The van der Waals surface area contributed by atoms with E-state index in [1.54, 1.807) is 0 Å². The van der Waals surface area contributed by atoms with E-state index in [4.69, 9.17) is 4.74 Å². The van der Waals surface area contributed by atoms with Crippen LogP contribution in [0, 0.1) is 13.7 Å². The van der Waals surface area contributed by atoms with Crippen LogP contribution in [0.15, 0.2) is 48.5 Å². The van der Waals surface area contributed by atoms with E-state index in [0.29, 0.717) is 5.75 Å². The molecule has 0 saturated heterocycles. The summed E-state index contributed by atoms with van der Waals surface area (Å²) in [6.45, 7) is 0.201. The molecule has 0 unspecified atom stereocenters. The van der Waals surface area contributed by atoms with Crippen LogP contribution >= 0.6 is 22.6 Å². The molecule has 1 N–H and O–H groups in total. The Hall–Kier alpha value is -2.16. The Bertz CT molecular complexity index is 673. The smallest absolute Gasteiger partial charge is 0.269 e. The second kappa shape index (κ2) is 7.74. The highest BCUT2D eigenvalue weighted by Crippen LogP contribution is 2.18. The molecule has 0 aliphatic heterocycles. The van der Waals surface area contributed by atoms with Gasteiger partial charge in [0.15, 0.2) is 0 Å². The lowest BCUT2D eigenvalue weighted by atomic mass is 10.3. The molecule has 6 nitrogen and oxygen atoms in total. The largest absolute Gasteiger partial charge is 0.493 e. The predicted molar refractivity (Wildman–Crippen MR) is 91.0 cm³/mol. The standard InChI is InChI=1S/C15H13IN2O4/c16-13-3-1-2-4-14(13)17-15(19)9-10-22-12-7-5-11(6-8-12)18(20)21/h1-8H,9-10H2,(H,17,19). The molecule has 0 bridgehead atoms. The average Bonchev–Trinajstić information content (AvgIpc) is 2.50. The van der Waals surface area contributed by atoms with Gasteiger partial charge in [-0.25, -0.2) is 0 Å². The summed E-state index contributed by atoms with van der Waals surface area (Å²) in [7, 11) is 0. The molecular weight excluding hydrogens is 399 g/mol. The number of halogens is 1. The molecule has 0 saturated carbocycles. The fourth-order valence-corrected chi connectivity index (χ4v) is 2.22. The van der Waals surface area contributed by atoms with Crippen molar-refractivity contribution in [3.8, 4) is 5.75 Å². The van der Waals surface area contributed by atoms with Gasteiger partial charge in [-0.1, -0.05) is 12.1 Å². The molecule has 114 valence electrons. The Morgan fingerprint density at radius 2 is 1.86 bits per heavy atom. The number of hydrogen-bond donors (Lipinski definition) is 1. The summed E-state index contributed by atoms with van der Waals surface area (Å²) >= 11 is 2.15. The highest BCUT2D eigenvalue weighted by Gasteiger charge is 2.07. The highest BCUT2D eigenvalue weighted by molar-refractivity contribution is 14.1. The lowest BCUT2D eigenvalue weighted by molar-refractivity contribution is -0.384. The van der Waals surface area contributed by atoms with Gasteiger partial charge < -0.3 is 10.1 Å². The van der Waals surface area contributed by atoms with E-state index >= 15 is 0 Å². The quantitative estimate of drug-likeness (QED) is 0.447. The third-order valence-corrected chi connectivity index (χ3v) is 3.73. The van der Waals surface area contributed by atoms with Gasteiger partial charge in [0.2, 0.25) is 5.91 Å². The van der Waals surface area contributed by atoms with E-state index in [2.05, 4.69) is 27.9 Å². The SMILES string of the molecule is O=C(CCOc1ccc([N+](=O)[O-])cc1)Nc1ccccc1I. The number of para-hydroxylation sites is 1. The number of benzene rings is 2. The third-order valence-electron chi connectivity index (χ3n) is 2.79. The molecule has 2 aromatic carbocycles. The number of rotatable bonds is 6. The molecule has 0 aliphatic carbocycles. The van der Waals surface area contributed by atoms with E-state index < -0.39 is 4.92 Å². The van der Waals surface area contributed by atoms with Crippen LogP contribution in [-0.4, -0.2) is 17.4 Å². The van der Waals surface area contributed by atoms with Crippen LogP contribution in [0.2, 0.25) is 0 Å². The zero-order chi connectivity index (χ0) is 15.9. The number of hydrogen-bond acceptors (Lipinski definition) is 4. The molecule has 0 aromatic heterocycles. The summed E-state index contributed by atoms with van der Waals surface area (Å²) in [4.78, 5) is 21.9. The van der Waals surface area contributed by atoms with Crippen molar-refractivity contribution in [2.24, 2.45) is 0 Å². The second-order valence-corrected chi connectivity index (χ2v) is 5.54. The zero-order valence-corrected chi connectivity index (χ0v) is 13.6. The van der Waals surface area contributed by atoms with Crippen molar-refractivity contribution < 1.29 is 14.5 Å². The van der Waals surface area contributed by atoms with Crippen molar-refractivity contribution in [2.75, 3.05) is 11.9 Å². The average molecular weight is 412 g/mol. The van der Waals surface area contributed by atoms with Gasteiger partial charge in [0, 0.05) is 15.7 Å². The maximum Gasteiger partial charge on any atom is 0.269 e.